The average Bonchev–Trinajstić information content (AvgIpc) is 2.61. The van der Waals surface area contributed by atoms with Gasteiger partial charge in [-0.1, -0.05) is 17.7 Å². The smallest absolute Gasteiger partial charge is 0.265 e. The first-order chi connectivity index (χ1) is 7.93. The van der Waals surface area contributed by atoms with E-state index < -0.39 is 15.7 Å². The molecule has 1 aromatic carbocycles. The molecule has 2 rings (SSSR count). The Labute approximate surface area is 100 Å². The predicted molar refractivity (Wildman–Crippen MR) is 64.1 cm³/mol. The third kappa shape index (κ3) is 1.98. The zero-order chi connectivity index (χ0) is 12.6. The van der Waals surface area contributed by atoms with Crippen LogP contribution in [0.2, 0.25) is 0 Å². The van der Waals surface area contributed by atoms with Gasteiger partial charge < -0.3 is 4.90 Å². The molecule has 0 radical (unpaired) electrons. The van der Waals surface area contributed by atoms with Crippen molar-refractivity contribution in [1.29, 1.82) is 0 Å². The second kappa shape index (κ2) is 4.00. The van der Waals surface area contributed by atoms with Crippen molar-refractivity contribution < 1.29 is 13.2 Å². The fraction of sp³-hybridized carbons (Fsp3) is 0.250. The highest BCUT2D eigenvalue weighted by atomic mass is 32.2. The predicted octanol–water partition coefficient (Wildman–Crippen LogP) is 1.12. The Morgan fingerprint density at radius 2 is 1.76 bits per heavy atom. The number of likely N-dealkylation sites (N-methyl/N-ethyl adjacent to an activating group) is 1. The highest BCUT2D eigenvalue weighted by molar-refractivity contribution is 7.96. The minimum Gasteiger partial charge on any atom is -0.337 e. The molecule has 0 aromatic heterocycles. The van der Waals surface area contributed by atoms with E-state index in [1.165, 1.54) is 23.1 Å². The lowest BCUT2D eigenvalue weighted by Gasteiger charge is -2.09. The number of hydrogen-bond acceptors (Lipinski definition) is 3. The van der Waals surface area contributed by atoms with Gasteiger partial charge in [0.05, 0.1) is 4.90 Å². The van der Waals surface area contributed by atoms with Gasteiger partial charge in [-0.15, -0.1) is 0 Å². The van der Waals surface area contributed by atoms with Crippen molar-refractivity contribution in [3.63, 3.8) is 0 Å². The highest BCUT2D eigenvalue weighted by Gasteiger charge is 2.32. The molecule has 0 aliphatic carbocycles. The molecule has 0 bridgehead atoms. The minimum absolute atomic E-state index is 0.121. The van der Waals surface area contributed by atoms with Gasteiger partial charge in [0.25, 0.3) is 5.91 Å². The van der Waals surface area contributed by atoms with Crippen LogP contribution >= 0.6 is 0 Å². The van der Waals surface area contributed by atoms with Crippen molar-refractivity contribution in [2.45, 2.75) is 11.8 Å². The van der Waals surface area contributed by atoms with Gasteiger partial charge in [-0.2, -0.15) is 0 Å². The van der Waals surface area contributed by atoms with E-state index >= 15 is 0 Å². The van der Waals surface area contributed by atoms with E-state index in [9.17, 15) is 13.2 Å². The van der Waals surface area contributed by atoms with Gasteiger partial charge >= 0.3 is 0 Å². The number of rotatable bonds is 2. The van der Waals surface area contributed by atoms with Gasteiger partial charge in [-0.25, -0.2) is 8.42 Å². The zero-order valence-electron chi connectivity index (χ0n) is 9.67. The number of sulfone groups is 1. The monoisotopic (exact) mass is 251 g/mol. The van der Waals surface area contributed by atoms with Gasteiger partial charge in [0, 0.05) is 13.6 Å². The summed E-state index contributed by atoms with van der Waals surface area (Å²) in [5.74, 6) is -0.439. The fourth-order valence-corrected chi connectivity index (χ4v) is 3.08. The number of amides is 1. The molecule has 0 fully saturated rings. The summed E-state index contributed by atoms with van der Waals surface area (Å²) < 4.78 is 24.4. The van der Waals surface area contributed by atoms with E-state index in [1.54, 1.807) is 19.2 Å². The molecule has 0 N–H and O–H groups in total. The molecule has 0 saturated heterocycles. The number of hydrogen-bond donors (Lipinski definition) is 0. The summed E-state index contributed by atoms with van der Waals surface area (Å²) in [6.07, 6.45) is 1.46. The Kier molecular flexibility index (Phi) is 2.79. The maximum atomic E-state index is 12.2. The summed E-state index contributed by atoms with van der Waals surface area (Å²) in [5.41, 5.74) is 0.979. The molecule has 90 valence electrons. The molecular weight excluding hydrogens is 238 g/mol. The third-order valence-corrected chi connectivity index (χ3v) is 4.54. The normalized spacial score (nSPS) is 16.2. The Morgan fingerprint density at radius 3 is 2.24 bits per heavy atom. The quantitative estimate of drug-likeness (QED) is 0.791. The summed E-state index contributed by atoms with van der Waals surface area (Å²) in [6, 6.07) is 6.49. The summed E-state index contributed by atoms with van der Waals surface area (Å²) in [7, 11) is -2.09. The lowest BCUT2D eigenvalue weighted by atomic mass is 10.2. The molecule has 1 aliphatic heterocycles. The number of nitrogens with zero attached hydrogens (tertiary/aromatic N) is 1. The van der Waals surface area contributed by atoms with Crippen molar-refractivity contribution in [1.82, 2.24) is 4.90 Å². The third-order valence-electron chi connectivity index (χ3n) is 2.73. The van der Waals surface area contributed by atoms with E-state index in [0.717, 1.165) is 5.56 Å². The SMILES string of the molecule is Cc1ccc(S(=O)(=O)C2=CCN(C)C2=O)cc1. The van der Waals surface area contributed by atoms with Gasteiger partial charge in [0.2, 0.25) is 9.84 Å². The fourth-order valence-electron chi connectivity index (χ4n) is 1.65. The van der Waals surface area contributed by atoms with Crippen LogP contribution in [0.3, 0.4) is 0 Å². The first-order valence-electron chi connectivity index (χ1n) is 5.20. The number of carbonyl (C=O) groups is 1. The molecule has 0 spiro atoms. The van der Waals surface area contributed by atoms with Crippen LogP contribution in [0, 0.1) is 6.92 Å². The Bertz CT molecular complexity index is 585. The molecule has 1 aliphatic rings. The highest BCUT2D eigenvalue weighted by Crippen LogP contribution is 2.24. The van der Waals surface area contributed by atoms with E-state index in [4.69, 9.17) is 0 Å². The number of carbonyl (C=O) groups excluding carboxylic acids is 1. The number of aryl methyl sites for hydroxylation is 1. The van der Waals surface area contributed by atoms with E-state index in [-0.39, 0.29) is 9.80 Å². The lowest BCUT2D eigenvalue weighted by molar-refractivity contribution is -0.123. The molecule has 1 heterocycles. The zero-order valence-corrected chi connectivity index (χ0v) is 10.5. The molecule has 0 unspecified atom stereocenters. The van der Waals surface area contributed by atoms with Crippen LogP contribution in [0.15, 0.2) is 40.1 Å². The van der Waals surface area contributed by atoms with Crippen LogP contribution in [0.4, 0.5) is 0 Å². The van der Waals surface area contributed by atoms with Crippen LogP contribution < -0.4 is 0 Å². The van der Waals surface area contributed by atoms with Gasteiger partial charge in [0.1, 0.15) is 4.91 Å². The van der Waals surface area contributed by atoms with Crippen LogP contribution in [-0.4, -0.2) is 32.8 Å². The van der Waals surface area contributed by atoms with Gasteiger partial charge in [-0.05, 0) is 25.1 Å². The topological polar surface area (TPSA) is 54.5 Å². The maximum Gasteiger partial charge on any atom is 0.265 e. The van der Waals surface area contributed by atoms with Gasteiger partial charge in [-0.3, -0.25) is 4.79 Å². The largest absolute Gasteiger partial charge is 0.337 e. The first-order valence-corrected chi connectivity index (χ1v) is 6.68. The standard InChI is InChI=1S/C12H13NO3S/c1-9-3-5-10(6-4-9)17(15,16)11-7-8-13(2)12(11)14/h3-7H,8H2,1-2H3. The van der Waals surface area contributed by atoms with Crippen molar-refractivity contribution in [2.75, 3.05) is 13.6 Å². The van der Waals surface area contributed by atoms with Crippen molar-refractivity contribution >= 4 is 15.7 Å². The second-order valence-electron chi connectivity index (χ2n) is 4.07. The summed E-state index contributed by atoms with van der Waals surface area (Å²) in [6.45, 7) is 2.23. The molecule has 1 aromatic rings. The summed E-state index contributed by atoms with van der Waals surface area (Å²) in [4.78, 5) is 13.1. The van der Waals surface area contributed by atoms with Crippen LogP contribution in [0.25, 0.3) is 0 Å². The Balaban J connectivity index is 2.45. The van der Waals surface area contributed by atoms with Crippen molar-refractivity contribution in [2.24, 2.45) is 0 Å². The molecule has 4 nitrogen and oxygen atoms in total. The molecule has 17 heavy (non-hydrogen) atoms. The Morgan fingerprint density at radius 1 is 1.18 bits per heavy atom. The van der Waals surface area contributed by atoms with Crippen molar-refractivity contribution in [3.8, 4) is 0 Å². The summed E-state index contributed by atoms with van der Waals surface area (Å²) >= 11 is 0. The second-order valence-corrected chi connectivity index (χ2v) is 5.99. The molecule has 0 atom stereocenters. The molecule has 5 heteroatoms. The Hall–Kier alpha value is -1.62. The number of benzene rings is 1. The summed E-state index contributed by atoms with van der Waals surface area (Å²) in [5, 5.41) is 0. The van der Waals surface area contributed by atoms with E-state index in [2.05, 4.69) is 0 Å². The lowest BCUT2D eigenvalue weighted by Crippen LogP contribution is -2.24. The molecule has 0 saturated carbocycles. The average molecular weight is 251 g/mol. The van der Waals surface area contributed by atoms with E-state index in [1.807, 2.05) is 6.92 Å². The molecule has 1 amide bonds. The van der Waals surface area contributed by atoms with Crippen molar-refractivity contribution in [3.05, 3.63) is 40.8 Å². The maximum absolute atomic E-state index is 12.2. The van der Waals surface area contributed by atoms with Crippen LogP contribution in [0.1, 0.15) is 5.56 Å². The van der Waals surface area contributed by atoms with E-state index in [0.29, 0.717) is 6.54 Å². The minimum atomic E-state index is -3.67. The van der Waals surface area contributed by atoms with Crippen LogP contribution in [0.5, 0.6) is 0 Å². The van der Waals surface area contributed by atoms with Crippen LogP contribution in [-0.2, 0) is 14.6 Å². The molecular formula is C12H13NO3S. The van der Waals surface area contributed by atoms with Gasteiger partial charge in [0.15, 0.2) is 0 Å². The first kappa shape index (κ1) is 11.9.